The second-order valence-corrected chi connectivity index (χ2v) is 3.61. The molecule has 72 valence electrons. The standard InChI is InChI=1S/C7H6ClFO3S/c8-5-1-4(3-10)2-6(9)7(5)13(11)12/h1-2,10H,3H2,(H,11,12). The van der Waals surface area contributed by atoms with Crippen LogP contribution in [-0.2, 0) is 17.7 Å². The minimum atomic E-state index is -2.45. The molecule has 0 saturated heterocycles. The highest BCUT2D eigenvalue weighted by atomic mass is 35.5. The molecule has 0 fully saturated rings. The topological polar surface area (TPSA) is 57.5 Å². The summed E-state index contributed by atoms with van der Waals surface area (Å²) < 4.78 is 32.2. The van der Waals surface area contributed by atoms with Crippen LogP contribution < -0.4 is 0 Å². The van der Waals surface area contributed by atoms with Crippen LogP contribution in [0.5, 0.6) is 0 Å². The maximum absolute atomic E-state index is 13.0. The Labute approximate surface area is 81.4 Å². The van der Waals surface area contributed by atoms with Gasteiger partial charge in [-0.05, 0) is 17.7 Å². The lowest BCUT2D eigenvalue weighted by molar-refractivity contribution is 0.281. The molecular formula is C7H6ClFO3S. The van der Waals surface area contributed by atoms with Gasteiger partial charge in [-0.3, -0.25) is 0 Å². The highest BCUT2D eigenvalue weighted by Crippen LogP contribution is 2.24. The van der Waals surface area contributed by atoms with Gasteiger partial charge in [0, 0.05) is 0 Å². The van der Waals surface area contributed by atoms with E-state index < -0.39 is 21.8 Å². The van der Waals surface area contributed by atoms with Crippen molar-refractivity contribution >= 4 is 22.7 Å². The third kappa shape index (κ3) is 2.25. The average Bonchev–Trinajstić information content (AvgIpc) is 2.02. The number of aliphatic hydroxyl groups excluding tert-OH is 1. The zero-order valence-electron chi connectivity index (χ0n) is 6.33. The van der Waals surface area contributed by atoms with E-state index in [1.807, 2.05) is 0 Å². The molecule has 1 aromatic carbocycles. The quantitative estimate of drug-likeness (QED) is 0.750. The van der Waals surface area contributed by atoms with Crippen LogP contribution >= 0.6 is 11.6 Å². The number of hydrogen-bond acceptors (Lipinski definition) is 2. The first-order valence-electron chi connectivity index (χ1n) is 3.26. The Balaban J connectivity index is 3.31. The van der Waals surface area contributed by atoms with Gasteiger partial charge in [-0.2, -0.15) is 0 Å². The van der Waals surface area contributed by atoms with Crippen LogP contribution in [0, 0.1) is 5.82 Å². The molecule has 0 saturated carbocycles. The summed E-state index contributed by atoms with van der Waals surface area (Å²) in [4.78, 5) is -0.459. The van der Waals surface area contributed by atoms with Crippen molar-refractivity contribution in [2.75, 3.05) is 0 Å². The SMILES string of the molecule is O=S(O)c1c(F)cc(CO)cc1Cl. The Hall–Kier alpha value is -0.490. The lowest BCUT2D eigenvalue weighted by Gasteiger charge is -2.03. The summed E-state index contributed by atoms with van der Waals surface area (Å²) in [5.41, 5.74) is 0.261. The lowest BCUT2D eigenvalue weighted by atomic mass is 10.2. The second-order valence-electron chi connectivity index (χ2n) is 2.30. The Morgan fingerprint density at radius 3 is 2.54 bits per heavy atom. The van der Waals surface area contributed by atoms with Crippen molar-refractivity contribution in [2.24, 2.45) is 0 Å². The Morgan fingerprint density at radius 1 is 1.54 bits per heavy atom. The summed E-state index contributed by atoms with van der Waals surface area (Å²) in [6.07, 6.45) is 0. The minimum Gasteiger partial charge on any atom is -0.392 e. The molecule has 1 atom stereocenters. The van der Waals surface area contributed by atoms with Gasteiger partial charge in [-0.25, -0.2) is 8.60 Å². The van der Waals surface area contributed by atoms with Gasteiger partial charge in [0.05, 0.1) is 11.6 Å². The van der Waals surface area contributed by atoms with Gasteiger partial charge in [-0.1, -0.05) is 11.6 Å². The second kappa shape index (κ2) is 4.15. The van der Waals surface area contributed by atoms with Gasteiger partial charge in [0.1, 0.15) is 10.7 Å². The summed E-state index contributed by atoms with van der Waals surface area (Å²) in [5.74, 6) is -0.891. The summed E-state index contributed by atoms with van der Waals surface area (Å²) in [7, 11) is 0. The van der Waals surface area contributed by atoms with Gasteiger partial charge < -0.3 is 9.66 Å². The molecular weight excluding hydrogens is 219 g/mol. The van der Waals surface area contributed by atoms with Crippen molar-refractivity contribution in [3.8, 4) is 0 Å². The molecule has 0 aliphatic rings. The van der Waals surface area contributed by atoms with Crippen LogP contribution in [0.1, 0.15) is 5.56 Å². The van der Waals surface area contributed by atoms with E-state index in [0.29, 0.717) is 0 Å². The lowest BCUT2D eigenvalue weighted by Crippen LogP contribution is -1.97. The summed E-state index contributed by atoms with van der Waals surface area (Å²) >= 11 is 3.05. The number of benzene rings is 1. The molecule has 0 spiro atoms. The summed E-state index contributed by atoms with van der Waals surface area (Å²) in [5, 5.41) is 8.49. The van der Waals surface area contributed by atoms with E-state index in [0.717, 1.165) is 6.07 Å². The fourth-order valence-corrected chi connectivity index (χ4v) is 1.75. The first kappa shape index (κ1) is 10.6. The van der Waals surface area contributed by atoms with E-state index in [1.165, 1.54) is 6.07 Å². The molecule has 6 heteroatoms. The van der Waals surface area contributed by atoms with E-state index >= 15 is 0 Å². The van der Waals surface area contributed by atoms with E-state index in [2.05, 4.69) is 0 Å². The van der Waals surface area contributed by atoms with Crippen molar-refractivity contribution in [1.82, 2.24) is 0 Å². The van der Waals surface area contributed by atoms with Crippen LogP contribution in [-0.4, -0.2) is 13.9 Å². The predicted molar refractivity (Wildman–Crippen MR) is 46.4 cm³/mol. The first-order chi connectivity index (χ1) is 6.06. The molecule has 0 radical (unpaired) electrons. The van der Waals surface area contributed by atoms with E-state index in [1.54, 1.807) is 0 Å². The third-order valence-electron chi connectivity index (χ3n) is 1.42. The summed E-state index contributed by atoms with van der Waals surface area (Å²) in [6, 6.07) is 2.21. The maximum atomic E-state index is 13.0. The smallest absolute Gasteiger partial charge is 0.191 e. The largest absolute Gasteiger partial charge is 0.392 e. The van der Waals surface area contributed by atoms with Crippen LogP contribution in [0.4, 0.5) is 4.39 Å². The average molecular weight is 225 g/mol. The van der Waals surface area contributed by atoms with Crippen molar-refractivity contribution in [2.45, 2.75) is 11.5 Å². The fourth-order valence-electron chi connectivity index (χ4n) is 0.870. The zero-order chi connectivity index (χ0) is 10.0. The highest BCUT2D eigenvalue weighted by Gasteiger charge is 2.14. The molecule has 0 heterocycles. The highest BCUT2D eigenvalue weighted by molar-refractivity contribution is 7.79. The van der Waals surface area contributed by atoms with Gasteiger partial charge in [-0.15, -0.1) is 0 Å². The molecule has 0 bridgehead atoms. The molecule has 0 aromatic heterocycles. The predicted octanol–water partition coefficient (Wildman–Crippen LogP) is 1.55. The number of rotatable bonds is 2. The molecule has 0 aliphatic carbocycles. The molecule has 1 unspecified atom stereocenters. The number of hydrogen-bond donors (Lipinski definition) is 2. The molecule has 0 amide bonds. The minimum absolute atomic E-state index is 0.162. The zero-order valence-corrected chi connectivity index (χ0v) is 7.90. The number of aliphatic hydroxyl groups is 1. The Bertz CT molecular complexity index is 333. The van der Waals surface area contributed by atoms with Crippen molar-refractivity contribution in [3.05, 3.63) is 28.5 Å². The van der Waals surface area contributed by atoms with Crippen molar-refractivity contribution in [3.63, 3.8) is 0 Å². The normalized spacial score (nSPS) is 12.9. The van der Waals surface area contributed by atoms with Crippen LogP contribution in [0.25, 0.3) is 0 Å². The first-order valence-corrected chi connectivity index (χ1v) is 4.74. The van der Waals surface area contributed by atoms with E-state index in [9.17, 15) is 8.60 Å². The molecule has 0 aliphatic heterocycles. The number of halogens is 2. The molecule has 2 N–H and O–H groups in total. The van der Waals surface area contributed by atoms with Gasteiger partial charge in [0.15, 0.2) is 11.1 Å². The maximum Gasteiger partial charge on any atom is 0.191 e. The van der Waals surface area contributed by atoms with Crippen molar-refractivity contribution in [1.29, 1.82) is 0 Å². The van der Waals surface area contributed by atoms with E-state index in [-0.39, 0.29) is 17.2 Å². The third-order valence-corrected chi connectivity index (χ3v) is 2.59. The summed E-state index contributed by atoms with van der Waals surface area (Å²) in [6.45, 7) is -0.366. The van der Waals surface area contributed by atoms with Crippen LogP contribution in [0.15, 0.2) is 17.0 Å². The van der Waals surface area contributed by atoms with E-state index in [4.69, 9.17) is 21.3 Å². The monoisotopic (exact) mass is 224 g/mol. The molecule has 1 rings (SSSR count). The molecule has 3 nitrogen and oxygen atoms in total. The van der Waals surface area contributed by atoms with Crippen LogP contribution in [0.3, 0.4) is 0 Å². The van der Waals surface area contributed by atoms with Gasteiger partial charge >= 0.3 is 0 Å². The molecule has 13 heavy (non-hydrogen) atoms. The Kier molecular flexibility index (Phi) is 3.38. The Morgan fingerprint density at radius 2 is 2.15 bits per heavy atom. The van der Waals surface area contributed by atoms with Gasteiger partial charge in [0.2, 0.25) is 0 Å². The van der Waals surface area contributed by atoms with Crippen LogP contribution in [0.2, 0.25) is 5.02 Å². The van der Waals surface area contributed by atoms with Gasteiger partial charge in [0.25, 0.3) is 0 Å². The van der Waals surface area contributed by atoms with Crippen molar-refractivity contribution < 1.29 is 18.3 Å². The fraction of sp³-hybridized carbons (Fsp3) is 0.143. The molecule has 1 aromatic rings.